The molecule has 1 aromatic heterocycles. The number of methoxy groups -OCH3 is 4. The van der Waals surface area contributed by atoms with Crippen LogP contribution in [0.25, 0.3) is 10.9 Å². The summed E-state index contributed by atoms with van der Waals surface area (Å²) in [6.07, 6.45) is 0. The molecule has 0 radical (unpaired) electrons. The first-order chi connectivity index (χ1) is 14.0. The summed E-state index contributed by atoms with van der Waals surface area (Å²) < 4.78 is 26.4. The molecule has 152 valence electrons. The van der Waals surface area contributed by atoms with Gasteiger partial charge in [0.1, 0.15) is 17.5 Å². The lowest BCUT2D eigenvalue weighted by Crippen LogP contribution is -2.07. The van der Waals surface area contributed by atoms with Gasteiger partial charge in [0.2, 0.25) is 5.75 Å². The van der Waals surface area contributed by atoms with E-state index in [2.05, 4.69) is 4.98 Å². The quantitative estimate of drug-likeness (QED) is 0.419. The van der Waals surface area contributed by atoms with Gasteiger partial charge < -0.3 is 23.7 Å². The number of benzene rings is 2. The van der Waals surface area contributed by atoms with E-state index in [9.17, 15) is 4.79 Å². The lowest BCUT2D eigenvalue weighted by molar-refractivity contribution is 0.0472. The van der Waals surface area contributed by atoms with Crippen molar-refractivity contribution in [3.63, 3.8) is 0 Å². The molecule has 0 unspecified atom stereocenters. The van der Waals surface area contributed by atoms with Gasteiger partial charge in [-0.3, -0.25) is 0 Å². The Morgan fingerprint density at radius 2 is 1.62 bits per heavy atom. The highest BCUT2D eigenvalue weighted by Gasteiger charge is 2.18. The highest BCUT2D eigenvalue weighted by Crippen LogP contribution is 2.38. The van der Waals surface area contributed by atoms with Crippen molar-refractivity contribution in [2.45, 2.75) is 6.61 Å². The van der Waals surface area contributed by atoms with Gasteiger partial charge in [0.25, 0.3) is 0 Å². The molecule has 0 saturated heterocycles. The van der Waals surface area contributed by atoms with Crippen LogP contribution in [0, 0.1) is 0 Å². The number of aromatic nitrogens is 1. The summed E-state index contributed by atoms with van der Waals surface area (Å²) in [6, 6.07) is 10.3. The van der Waals surface area contributed by atoms with E-state index in [1.165, 1.54) is 33.5 Å². The number of pyridine rings is 1. The van der Waals surface area contributed by atoms with Crippen LogP contribution in [0.2, 0.25) is 5.15 Å². The van der Waals surface area contributed by atoms with Crippen molar-refractivity contribution in [2.24, 2.45) is 0 Å². The topological polar surface area (TPSA) is 76.1 Å². The second kappa shape index (κ2) is 8.87. The molecule has 29 heavy (non-hydrogen) atoms. The van der Waals surface area contributed by atoms with Crippen LogP contribution in [-0.2, 0) is 11.3 Å². The van der Waals surface area contributed by atoms with Crippen LogP contribution >= 0.6 is 11.6 Å². The van der Waals surface area contributed by atoms with E-state index in [1.54, 1.807) is 13.2 Å². The third kappa shape index (κ3) is 4.30. The number of carbonyl (C=O) groups excluding carboxylic acids is 1. The molecule has 8 heteroatoms. The summed E-state index contributed by atoms with van der Waals surface area (Å²) in [5.41, 5.74) is 1.54. The van der Waals surface area contributed by atoms with E-state index in [-0.39, 0.29) is 17.3 Å². The van der Waals surface area contributed by atoms with Gasteiger partial charge in [0.05, 0.1) is 39.5 Å². The number of ether oxygens (including phenoxy) is 5. The average molecular weight is 418 g/mol. The highest BCUT2D eigenvalue weighted by atomic mass is 35.5. The molecule has 2 aromatic carbocycles. The monoisotopic (exact) mass is 417 g/mol. The number of halogens is 1. The maximum Gasteiger partial charge on any atom is 0.338 e. The Bertz CT molecular complexity index is 1030. The number of hydrogen-bond acceptors (Lipinski definition) is 7. The van der Waals surface area contributed by atoms with E-state index in [0.29, 0.717) is 34.1 Å². The Morgan fingerprint density at radius 3 is 2.21 bits per heavy atom. The summed E-state index contributed by atoms with van der Waals surface area (Å²) in [5, 5.41) is 1.11. The molecule has 0 aliphatic carbocycles. The summed E-state index contributed by atoms with van der Waals surface area (Å²) in [7, 11) is 6.02. The first-order valence-corrected chi connectivity index (χ1v) is 8.98. The van der Waals surface area contributed by atoms with E-state index >= 15 is 0 Å². The number of rotatable bonds is 7. The maximum absolute atomic E-state index is 12.6. The Kier molecular flexibility index (Phi) is 6.29. The van der Waals surface area contributed by atoms with Gasteiger partial charge in [0.15, 0.2) is 11.5 Å². The van der Waals surface area contributed by atoms with E-state index in [0.717, 1.165) is 5.39 Å². The maximum atomic E-state index is 12.6. The van der Waals surface area contributed by atoms with E-state index in [4.69, 9.17) is 35.3 Å². The summed E-state index contributed by atoms with van der Waals surface area (Å²) in [4.78, 5) is 16.9. The number of esters is 1. The lowest BCUT2D eigenvalue weighted by Gasteiger charge is -2.14. The zero-order chi connectivity index (χ0) is 21.0. The zero-order valence-electron chi connectivity index (χ0n) is 16.4. The summed E-state index contributed by atoms with van der Waals surface area (Å²) in [6.45, 7) is -0.0384. The standard InChI is InChI=1S/C21H20ClNO6/c1-25-15-6-5-12-7-14(20(22)23-16(12)10-15)11-29-21(24)13-8-17(26-2)19(28-4)18(9-13)27-3/h5-10H,11H2,1-4H3. The van der Waals surface area contributed by atoms with Crippen LogP contribution < -0.4 is 18.9 Å². The highest BCUT2D eigenvalue weighted by molar-refractivity contribution is 6.30. The Labute approximate surface area is 173 Å². The van der Waals surface area contributed by atoms with Crippen molar-refractivity contribution in [1.82, 2.24) is 4.98 Å². The van der Waals surface area contributed by atoms with E-state index < -0.39 is 5.97 Å². The Hall–Kier alpha value is -3.19. The smallest absolute Gasteiger partial charge is 0.338 e. The van der Waals surface area contributed by atoms with Crippen LogP contribution in [0.4, 0.5) is 0 Å². The number of carbonyl (C=O) groups is 1. The van der Waals surface area contributed by atoms with E-state index in [1.807, 2.05) is 18.2 Å². The van der Waals surface area contributed by atoms with Gasteiger partial charge >= 0.3 is 5.97 Å². The lowest BCUT2D eigenvalue weighted by atomic mass is 10.1. The first kappa shape index (κ1) is 20.5. The third-order valence-electron chi connectivity index (χ3n) is 4.31. The molecule has 3 rings (SSSR count). The predicted molar refractivity (Wildman–Crippen MR) is 109 cm³/mol. The molecule has 0 aliphatic heterocycles. The Morgan fingerprint density at radius 1 is 0.931 bits per heavy atom. The zero-order valence-corrected chi connectivity index (χ0v) is 17.2. The van der Waals surface area contributed by atoms with Crippen molar-refractivity contribution in [3.8, 4) is 23.0 Å². The minimum atomic E-state index is -0.560. The molecular formula is C21H20ClNO6. The SMILES string of the molecule is COc1ccc2cc(COC(=O)c3cc(OC)c(OC)c(OC)c3)c(Cl)nc2c1. The average Bonchev–Trinajstić information content (AvgIpc) is 2.75. The van der Waals surface area contributed by atoms with Crippen molar-refractivity contribution in [2.75, 3.05) is 28.4 Å². The molecule has 0 amide bonds. The molecule has 0 atom stereocenters. The molecule has 1 heterocycles. The van der Waals surface area contributed by atoms with Gasteiger partial charge in [-0.15, -0.1) is 0 Å². The second-order valence-electron chi connectivity index (χ2n) is 5.99. The summed E-state index contributed by atoms with van der Waals surface area (Å²) >= 11 is 6.26. The molecule has 0 N–H and O–H groups in total. The van der Waals surface area contributed by atoms with Gasteiger partial charge in [-0.25, -0.2) is 9.78 Å². The molecule has 0 saturated carbocycles. The van der Waals surface area contributed by atoms with Crippen molar-refractivity contribution < 1.29 is 28.5 Å². The molecule has 0 fully saturated rings. The number of hydrogen-bond donors (Lipinski definition) is 0. The Balaban J connectivity index is 1.82. The largest absolute Gasteiger partial charge is 0.497 e. The molecule has 0 spiro atoms. The minimum Gasteiger partial charge on any atom is -0.497 e. The van der Waals surface area contributed by atoms with Gasteiger partial charge in [-0.1, -0.05) is 11.6 Å². The summed E-state index contributed by atoms with van der Waals surface area (Å²) in [5.74, 6) is 1.23. The van der Waals surface area contributed by atoms with Crippen LogP contribution in [0.3, 0.4) is 0 Å². The first-order valence-electron chi connectivity index (χ1n) is 8.61. The van der Waals surface area contributed by atoms with Crippen molar-refractivity contribution >= 4 is 28.5 Å². The molecule has 0 aliphatic rings. The molecule has 0 bridgehead atoms. The molecule has 7 nitrogen and oxygen atoms in total. The van der Waals surface area contributed by atoms with Crippen LogP contribution in [-0.4, -0.2) is 39.4 Å². The molecular weight excluding hydrogens is 398 g/mol. The fourth-order valence-corrected chi connectivity index (χ4v) is 3.02. The van der Waals surface area contributed by atoms with Crippen molar-refractivity contribution in [3.05, 3.63) is 52.7 Å². The fraction of sp³-hybridized carbons (Fsp3) is 0.238. The normalized spacial score (nSPS) is 10.5. The van der Waals surface area contributed by atoms with Crippen LogP contribution in [0.1, 0.15) is 15.9 Å². The number of nitrogens with zero attached hydrogens (tertiary/aromatic N) is 1. The van der Waals surface area contributed by atoms with Crippen molar-refractivity contribution in [1.29, 1.82) is 0 Å². The van der Waals surface area contributed by atoms with Gasteiger partial charge in [0, 0.05) is 17.0 Å². The predicted octanol–water partition coefficient (Wildman–Crippen LogP) is 4.28. The second-order valence-corrected chi connectivity index (χ2v) is 6.35. The number of fused-ring (bicyclic) bond motifs is 1. The fourth-order valence-electron chi connectivity index (χ4n) is 2.82. The van der Waals surface area contributed by atoms with Gasteiger partial charge in [-0.05, 0) is 30.3 Å². The third-order valence-corrected chi connectivity index (χ3v) is 4.64. The van der Waals surface area contributed by atoms with Crippen LogP contribution in [0.5, 0.6) is 23.0 Å². The van der Waals surface area contributed by atoms with Gasteiger partial charge in [-0.2, -0.15) is 0 Å². The van der Waals surface area contributed by atoms with Crippen LogP contribution in [0.15, 0.2) is 36.4 Å². The minimum absolute atomic E-state index is 0.0384. The molecule has 3 aromatic rings.